The van der Waals surface area contributed by atoms with E-state index in [0.717, 1.165) is 44.9 Å². The maximum absolute atomic E-state index is 13.2. The fourth-order valence-electron chi connectivity index (χ4n) is 14.9. The summed E-state index contributed by atoms with van der Waals surface area (Å²) in [5.74, 6) is -0.132. The van der Waals surface area contributed by atoms with E-state index in [0.29, 0.717) is 25.2 Å². The van der Waals surface area contributed by atoms with Gasteiger partial charge in [0.1, 0.15) is 67.1 Å². The second-order valence-corrected chi connectivity index (χ2v) is 23.0. The summed E-state index contributed by atoms with van der Waals surface area (Å²) in [4.78, 5) is 13.2. The molecule has 366 valence electrons. The number of hydrogen-bond acceptors (Lipinski definition) is 16. The van der Waals surface area contributed by atoms with E-state index in [9.17, 15) is 55.9 Å². The number of hydrogen-bond donors (Lipinski definition) is 10. The average molecular weight is 913 g/mol. The number of aliphatic hydroxyl groups excluding tert-OH is 9. The molecule has 3 heterocycles. The van der Waals surface area contributed by atoms with E-state index in [2.05, 4.69) is 54.5 Å². The lowest BCUT2D eigenvalue weighted by Crippen LogP contribution is -2.67. The van der Waals surface area contributed by atoms with Crippen LogP contribution in [0.4, 0.5) is 0 Å². The minimum absolute atomic E-state index is 0.0112. The lowest BCUT2D eigenvalue weighted by atomic mass is 9.33. The summed E-state index contributed by atoms with van der Waals surface area (Å²) in [6, 6.07) is 0. The minimum Gasteiger partial charge on any atom is -0.481 e. The van der Waals surface area contributed by atoms with Crippen LogP contribution in [0.25, 0.3) is 0 Å². The fraction of sp³-hybridized carbons (Fsp3) is 0.936. The van der Waals surface area contributed by atoms with Gasteiger partial charge in [-0.1, -0.05) is 60.1 Å². The molecule has 0 unspecified atom stereocenters. The molecule has 8 rings (SSSR count). The monoisotopic (exact) mass is 913 g/mol. The molecule has 10 N–H and O–H groups in total. The smallest absolute Gasteiger partial charge is 0.310 e. The van der Waals surface area contributed by atoms with E-state index in [-0.39, 0.29) is 40.1 Å². The molecule has 0 aromatic rings. The molecule has 3 aliphatic heterocycles. The lowest BCUT2D eigenvalue weighted by Gasteiger charge is -2.71. The molecule has 4 saturated carbocycles. The van der Waals surface area contributed by atoms with Crippen molar-refractivity contribution in [1.29, 1.82) is 0 Å². The Hall–Kier alpha value is -1.39. The molecule has 3 saturated heterocycles. The molecule has 5 aliphatic carbocycles. The van der Waals surface area contributed by atoms with Gasteiger partial charge in [-0.2, -0.15) is 0 Å². The highest BCUT2D eigenvalue weighted by molar-refractivity contribution is 5.76. The predicted octanol–water partition coefficient (Wildman–Crippen LogP) is 1.35. The zero-order valence-electron chi connectivity index (χ0n) is 38.5. The molecule has 64 heavy (non-hydrogen) atoms. The molecular formula is C47H76O17. The number of carboxylic acid groups (broad SMARTS) is 1. The number of aliphatic carboxylic acids is 1. The Morgan fingerprint density at radius 3 is 1.83 bits per heavy atom. The van der Waals surface area contributed by atoms with Crippen molar-refractivity contribution in [2.45, 2.75) is 205 Å². The highest BCUT2D eigenvalue weighted by Crippen LogP contribution is 2.76. The van der Waals surface area contributed by atoms with Crippen LogP contribution in [0.5, 0.6) is 0 Å². The molecule has 0 bridgehead atoms. The third-order valence-corrected chi connectivity index (χ3v) is 19.0. The zero-order valence-corrected chi connectivity index (χ0v) is 38.5. The van der Waals surface area contributed by atoms with Crippen LogP contribution in [0.2, 0.25) is 0 Å². The van der Waals surface area contributed by atoms with Crippen LogP contribution in [-0.2, 0) is 33.2 Å². The van der Waals surface area contributed by atoms with Gasteiger partial charge in [-0.3, -0.25) is 4.79 Å². The largest absolute Gasteiger partial charge is 0.481 e. The fourth-order valence-corrected chi connectivity index (χ4v) is 14.9. The predicted molar refractivity (Wildman–Crippen MR) is 225 cm³/mol. The van der Waals surface area contributed by atoms with Gasteiger partial charge < -0.3 is 79.5 Å². The highest BCUT2D eigenvalue weighted by atomic mass is 16.8. The van der Waals surface area contributed by atoms with Gasteiger partial charge in [0.25, 0.3) is 0 Å². The standard InChI is InChI=1S/C47H76O17/c1-42(2)14-16-47(41(57)58)17-15-45(6)22(23(47)18-42)8-9-28-44(5)12-11-29(43(3,4)27(44)10-13-46(28,45)7)62-40-37(64-39-35(56)33(54)31(52)26(20-49)61-39)36(24(50)21-59-40)63-38-34(55)32(53)30(51)25(19-48)60-38/h8,23-40,48-56H,9-21H2,1-7H3,(H,57,58)/t23-,24-,25+,26+,27-,28+,29-,30+,31+,32-,33-,34+,35+,36-,37+,38-,39-,40-,44-,45+,46+,47-/m0/s1. The van der Waals surface area contributed by atoms with Crippen LogP contribution in [0.15, 0.2) is 11.6 Å². The second-order valence-electron chi connectivity index (χ2n) is 23.0. The molecule has 8 aliphatic rings. The van der Waals surface area contributed by atoms with Crippen molar-refractivity contribution in [1.82, 2.24) is 0 Å². The SMILES string of the molecule is CC1(C)CC[C@]2(C(=O)O)CC[C@]3(C)C(=CC[C@@H]4[C@@]5(C)CC[C@H](O[C@@H]6OC[C@H](O)[C@H](O[C@@H]7O[C@H](CO)[C@@H](O)[C@H](O)[C@H]7O)[C@H]6O[C@@H]6O[C@H](CO)[C@@H](O)[C@H](O)[C@H]6O)C(C)(C)[C@@H]5CC[C@]43C)[C@@H]2C1. The molecule has 0 aromatic heterocycles. The molecule has 0 amide bonds. The third-order valence-electron chi connectivity index (χ3n) is 19.0. The minimum atomic E-state index is -1.84. The van der Waals surface area contributed by atoms with Gasteiger partial charge >= 0.3 is 5.97 Å². The second kappa shape index (κ2) is 17.2. The number of carbonyl (C=O) groups is 1. The zero-order chi connectivity index (χ0) is 46.7. The molecule has 7 fully saturated rings. The van der Waals surface area contributed by atoms with Gasteiger partial charge in [0.15, 0.2) is 18.9 Å². The maximum Gasteiger partial charge on any atom is 0.310 e. The van der Waals surface area contributed by atoms with E-state index >= 15 is 0 Å². The number of aliphatic hydroxyl groups is 9. The van der Waals surface area contributed by atoms with Gasteiger partial charge in [-0.25, -0.2) is 0 Å². The number of fused-ring (bicyclic) bond motifs is 7. The normalized spacial score (nSPS) is 53.5. The van der Waals surface area contributed by atoms with Gasteiger partial charge in [-0.05, 0) is 109 Å². The molecule has 0 aromatic carbocycles. The highest BCUT2D eigenvalue weighted by Gasteiger charge is 2.70. The van der Waals surface area contributed by atoms with E-state index in [1.165, 1.54) is 5.57 Å². The first-order valence-electron chi connectivity index (χ1n) is 23.7. The van der Waals surface area contributed by atoms with E-state index < -0.39 is 122 Å². The Bertz CT molecular complexity index is 1740. The topological polar surface area (TPSA) is 275 Å². The Morgan fingerprint density at radius 2 is 1.25 bits per heavy atom. The van der Waals surface area contributed by atoms with Crippen LogP contribution in [0, 0.1) is 50.2 Å². The average Bonchev–Trinajstić information content (AvgIpc) is 3.23. The summed E-state index contributed by atoms with van der Waals surface area (Å²) in [7, 11) is 0. The first kappa shape index (κ1) is 49.0. The summed E-state index contributed by atoms with van der Waals surface area (Å²) in [5, 5.41) is 106. The molecule has 17 nitrogen and oxygen atoms in total. The summed E-state index contributed by atoms with van der Waals surface area (Å²) in [6.07, 6.45) is -12.2. The molecule has 0 spiro atoms. The Kier molecular flexibility index (Phi) is 13.2. The summed E-state index contributed by atoms with van der Waals surface area (Å²) in [6.45, 7) is 14.5. The van der Waals surface area contributed by atoms with Crippen LogP contribution in [-0.4, -0.2) is 169 Å². The summed E-state index contributed by atoms with van der Waals surface area (Å²) < 4.78 is 36.9. The van der Waals surface area contributed by atoms with Crippen molar-refractivity contribution >= 4 is 5.97 Å². The quantitative estimate of drug-likeness (QED) is 0.116. The van der Waals surface area contributed by atoms with Gasteiger partial charge in [0.05, 0.1) is 31.3 Å². The summed E-state index contributed by atoms with van der Waals surface area (Å²) in [5.41, 5.74) is -0.0768. The van der Waals surface area contributed by atoms with E-state index in [1.54, 1.807) is 0 Å². The number of ether oxygens (including phenoxy) is 6. The van der Waals surface area contributed by atoms with Crippen molar-refractivity contribution in [2.24, 2.45) is 50.2 Å². The number of carboxylic acids is 1. The Morgan fingerprint density at radius 1 is 0.672 bits per heavy atom. The molecular weight excluding hydrogens is 836 g/mol. The third kappa shape index (κ3) is 7.58. The van der Waals surface area contributed by atoms with Gasteiger partial charge in [0.2, 0.25) is 0 Å². The van der Waals surface area contributed by atoms with E-state index in [4.69, 9.17) is 28.4 Å². The first-order valence-corrected chi connectivity index (χ1v) is 23.7. The maximum atomic E-state index is 13.2. The molecule has 0 radical (unpaired) electrons. The molecule has 17 heteroatoms. The number of allylic oxidation sites excluding steroid dienone is 2. The van der Waals surface area contributed by atoms with Crippen molar-refractivity contribution in [2.75, 3.05) is 19.8 Å². The van der Waals surface area contributed by atoms with Gasteiger partial charge in [-0.15, -0.1) is 0 Å². The first-order chi connectivity index (χ1) is 29.9. The van der Waals surface area contributed by atoms with Crippen molar-refractivity contribution in [3.63, 3.8) is 0 Å². The lowest BCUT2D eigenvalue weighted by molar-refractivity contribution is -0.389. The van der Waals surface area contributed by atoms with Crippen molar-refractivity contribution < 1.29 is 84.3 Å². The van der Waals surface area contributed by atoms with Crippen LogP contribution in [0.1, 0.15) is 113 Å². The van der Waals surface area contributed by atoms with Crippen molar-refractivity contribution in [3.05, 3.63) is 11.6 Å². The summed E-state index contributed by atoms with van der Waals surface area (Å²) >= 11 is 0. The van der Waals surface area contributed by atoms with E-state index in [1.807, 2.05) is 0 Å². The van der Waals surface area contributed by atoms with Crippen LogP contribution < -0.4 is 0 Å². The van der Waals surface area contributed by atoms with Crippen LogP contribution in [0.3, 0.4) is 0 Å². The van der Waals surface area contributed by atoms with Gasteiger partial charge in [0, 0.05) is 0 Å². The Labute approximate surface area is 376 Å². The van der Waals surface area contributed by atoms with Crippen molar-refractivity contribution in [3.8, 4) is 0 Å². The van der Waals surface area contributed by atoms with Crippen LogP contribution >= 0.6 is 0 Å². The number of rotatable bonds is 9. The Balaban J connectivity index is 1.07. The molecule has 22 atom stereocenters.